The molecule has 3 heterocycles. The largest absolute Gasteiger partial charge is 0.333 e. The molecule has 1 aliphatic carbocycles. The first-order valence-corrected chi connectivity index (χ1v) is 8.57. The second-order valence-corrected chi connectivity index (χ2v) is 8.23. The van der Waals surface area contributed by atoms with Crippen LogP contribution in [-0.4, -0.2) is 44.2 Å². The van der Waals surface area contributed by atoms with E-state index in [1.54, 1.807) is 16.9 Å². The maximum absolute atomic E-state index is 13.0. The number of nitrogens with zero attached hydrogens (tertiary/aromatic N) is 4. The Morgan fingerprint density at radius 3 is 2.75 bits per heavy atom. The lowest BCUT2D eigenvalue weighted by Gasteiger charge is -2.61. The molecule has 5 nitrogen and oxygen atoms in total. The zero-order valence-electron chi connectivity index (χ0n) is 14.4. The molecule has 0 radical (unpaired) electrons. The summed E-state index contributed by atoms with van der Waals surface area (Å²) in [6, 6.07) is 1.94. The lowest BCUT2D eigenvalue weighted by molar-refractivity contribution is -0.0838. The quantitative estimate of drug-likeness (QED) is 0.850. The third kappa shape index (κ3) is 2.08. The Bertz CT molecular complexity index is 801. The van der Waals surface area contributed by atoms with Gasteiger partial charge in [-0.1, -0.05) is 20.8 Å². The Hall–Kier alpha value is -1.98. The predicted octanol–water partition coefficient (Wildman–Crippen LogP) is 2.99. The molecule has 0 aromatic carbocycles. The number of likely N-dealkylation sites (tertiary alicyclic amines) is 1. The summed E-state index contributed by atoms with van der Waals surface area (Å²) >= 11 is 0. The zero-order valence-corrected chi connectivity index (χ0v) is 14.4. The first-order valence-electron chi connectivity index (χ1n) is 8.57. The Kier molecular flexibility index (Phi) is 3.24. The van der Waals surface area contributed by atoms with Crippen molar-refractivity contribution in [2.24, 2.45) is 5.92 Å². The van der Waals surface area contributed by atoms with E-state index in [9.17, 15) is 9.18 Å². The van der Waals surface area contributed by atoms with Crippen molar-refractivity contribution >= 4 is 11.6 Å². The molecule has 1 aliphatic heterocycles. The summed E-state index contributed by atoms with van der Waals surface area (Å²) in [5.41, 5.74) is 1.98. The number of aromatic nitrogens is 3. The van der Waals surface area contributed by atoms with Crippen molar-refractivity contribution in [3.05, 3.63) is 29.7 Å². The lowest BCUT2D eigenvalue weighted by Crippen LogP contribution is -2.68. The molecule has 1 saturated carbocycles. The fourth-order valence-corrected chi connectivity index (χ4v) is 4.16. The summed E-state index contributed by atoms with van der Waals surface area (Å²) in [4.78, 5) is 19.3. The van der Waals surface area contributed by atoms with E-state index in [2.05, 4.69) is 30.9 Å². The van der Waals surface area contributed by atoms with Crippen molar-refractivity contribution in [1.29, 1.82) is 0 Å². The fraction of sp³-hybridized carbons (Fsp3) is 0.611. The van der Waals surface area contributed by atoms with E-state index in [1.807, 2.05) is 11.0 Å². The van der Waals surface area contributed by atoms with Crippen LogP contribution < -0.4 is 0 Å². The van der Waals surface area contributed by atoms with Crippen LogP contribution in [0.25, 0.3) is 5.65 Å². The number of rotatable bonds is 2. The average molecular weight is 330 g/mol. The molecule has 2 aromatic heterocycles. The average Bonchev–Trinajstić information content (AvgIpc) is 2.87. The number of hydrogen-bond acceptors (Lipinski definition) is 3. The lowest BCUT2D eigenvalue weighted by atomic mass is 9.61. The molecule has 128 valence electrons. The summed E-state index contributed by atoms with van der Waals surface area (Å²) in [5, 5.41) is 4.42. The number of carbonyl (C=O) groups is 1. The van der Waals surface area contributed by atoms with Crippen LogP contribution in [0.5, 0.6) is 0 Å². The molecule has 4 rings (SSSR count). The Morgan fingerprint density at radius 2 is 2.17 bits per heavy atom. The fourth-order valence-electron chi connectivity index (χ4n) is 4.16. The summed E-state index contributed by atoms with van der Waals surface area (Å²) in [6.07, 6.45) is 5.92. The molecule has 6 heteroatoms. The highest BCUT2D eigenvalue weighted by Crippen LogP contribution is 2.51. The van der Waals surface area contributed by atoms with E-state index in [4.69, 9.17) is 0 Å². The highest BCUT2D eigenvalue weighted by atomic mass is 19.1. The molecular weight excluding hydrogens is 307 g/mol. The van der Waals surface area contributed by atoms with E-state index >= 15 is 0 Å². The molecule has 1 amide bonds. The van der Waals surface area contributed by atoms with Crippen LogP contribution in [0, 0.1) is 5.92 Å². The monoisotopic (exact) mass is 330 g/mol. The SMILES string of the molecule is CC(C)(C)c1ccnc2c(C(=O)N3CCC34CC(CF)C4)cnn12. The topological polar surface area (TPSA) is 50.5 Å². The number of halogens is 1. The smallest absolute Gasteiger partial charge is 0.259 e. The minimum absolute atomic E-state index is 0.0212. The minimum Gasteiger partial charge on any atom is -0.333 e. The number of amides is 1. The van der Waals surface area contributed by atoms with Crippen molar-refractivity contribution in [2.75, 3.05) is 13.2 Å². The van der Waals surface area contributed by atoms with Gasteiger partial charge < -0.3 is 4.90 Å². The predicted molar refractivity (Wildman–Crippen MR) is 88.8 cm³/mol. The Balaban J connectivity index is 1.67. The van der Waals surface area contributed by atoms with Gasteiger partial charge >= 0.3 is 0 Å². The standard InChI is InChI=1S/C18H23FN4O/c1-17(2,3)14-4-6-20-15-13(11-21-23(14)15)16(24)22-7-5-18(22)8-12(9-18)10-19/h4,6,11-12H,5,7-10H2,1-3H3. The van der Waals surface area contributed by atoms with E-state index in [0.29, 0.717) is 11.2 Å². The van der Waals surface area contributed by atoms with Gasteiger partial charge in [0, 0.05) is 23.7 Å². The first-order chi connectivity index (χ1) is 11.4. The zero-order chi connectivity index (χ0) is 17.1. The van der Waals surface area contributed by atoms with Gasteiger partial charge in [0.1, 0.15) is 5.56 Å². The second-order valence-electron chi connectivity index (χ2n) is 8.23. The Labute approximate surface area is 140 Å². The number of alkyl halides is 1. The van der Waals surface area contributed by atoms with Crippen molar-refractivity contribution < 1.29 is 9.18 Å². The minimum atomic E-state index is -0.281. The van der Waals surface area contributed by atoms with Gasteiger partial charge in [-0.15, -0.1) is 0 Å². The van der Waals surface area contributed by atoms with Crippen LogP contribution in [0.3, 0.4) is 0 Å². The first kappa shape index (κ1) is 15.5. The molecule has 0 N–H and O–H groups in total. The molecule has 0 atom stereocenters. The molecule has 1 saturated heterocycles. The molecule has 24 heavy (non-hydrogen) atoms. The van der Waals surface area contributed by atoms with Gasteiger partial charge in [-0.25, -0.2) is 9.50 Å². The van der Waals surface area contributed by atoms with E-state index in [1.165, 1.54) is 0 Å². The summed E-state index contributed by atoms with van der Waals surface area (Å²) < 4.78 is 14.5. The molecule has 2 aromatic rings. The number of fused-ring (bicyclic) bond motifs is 1. The highest BCUT2D eigenvalue weighted by Gasteiger charge is 2.55. The summed E-state index contributed by atoms with van der Waals surface area (Å²) in [5.74, 6) is 0.0993. The molecular formula is C18H23FN4O. The molecule has 2 aliphatic rings. The van der Waals surface area contributed by atoms with Crippen LogP contribution >= 0.6 is 0 Å². The van der Waals surface area contributed by atoms with Crippen molar-refractivity contribution in [2.45, 2.75) is 51.0 Å². The van der Waals surface area contributed by atoms with E-state index in [0.717, 1.165) is 31.5 Å². The van der Waals surface area contributed by atoms with Crippen LogP contribution in [0.15, 0.2) is 18.5 Å². The third-order valence-electron chi connectivity index (χ3n) is 5.57. The van der Waals surface area contributed by atoms with Crippen LogP contribution in [0.4, 0.5) is 4.39 Å². The maximum Gasteiger partial charge on any atom is 0.259 e. The van der Waals surface area contributed by atoms with Crippen LogP contribution in [0.1, 0.15) is 56.1 Å². The normalized spacial score (nSPS) is 26.5. The molecule has 2 fully saturated rings. The van der Waals surface area contributed by atoms with Gasteiger partial charge in [-0.05, 0) is 31.2 Å². The van der Waals surface area contributed by atoms with Crippen molar-refractivity contribution in [3.63, 3.8) is 0 Å². The van der Waals surface area contributed by atoms with Gasteiger partial charge in [0.2, 0.25) is 0 Å². The van der Waals surface area contributed by atoms with Gasteiger partial charge in [0.05, 0.1) is 18.6 Å². The molecule has 0 unspecified atom stereocenters. The van der Waals surface area contributed by atoms with Crippen molar-refractivity contribution in [3.8, 4) is 0 Å². The van der Waals surface area contributed by atoms with E-state index in [-0.39, 0.29) is 29.5 Å². The number of carbonyl (C=O) groups excluding carboxylic acids is 1. The van der Waals surface area contributed by atoms with Gasteiger partial charge in [0.15, 0.2) is 5.65 Å². The molecule has 0 bridgehead atoms. The summed E-state index contributed by atoms with van der Waals surface area (Å²) in [6.45, 7) is 6.80. The third-order valence-corrected chi connectivity index (χ3v) is 5.57. The van der Waals surface area contributed by atoms with Gasteiger partial charge in [-0.2, -0.15) is 5.10 Å². The van der Waals surface area contributed by atoms with Crippen LogP contribution in [0.2, 0.25) is 0 Å². The van der Waals surface area contributed by atoms with Crippen LogP contribution in [-0.2, 0) is 5.41 Å². The van der Waals surface area contributed by atoms with E-state index < -0.39 is 0 Å². The second kappa shape index (κ2) is 5.01. The summed E-state index contributed by atoms with van der Waals surface area (Å²) in [7, 11) is 0. The van der Waals surface area contributed by atoms with Gasteiger partial charge in [0.25, 0.3) is 5.91 Å². The van der Waals surface area contributed by atoms with Gasteiger partial charge in [-0.3, -0.25) is 9.18 Å². The number of hydrogen-bond donors (Lipinski definition) is 0. The highest BCUT2D eigenvalue weighted by molar-refractivity contribution is 6.00. The maximum atomic E-state index is 13.0. The molecule has 1 spiro atoms. The Morgan fingerprint density at radius 1 is 1.42 bits per heavy atom. The van der Waals surface area contributed by atoms with Crippen molar-refractivity contribution in [1.82, 2.24) is 19.5 Å².